The fourth-order valence-electron chi connectivity index (χ4n) is 3.25. The molecule has 8 heteroatoms. The number of halogens is 4. The van der Waals surface area contributed by atoms with Crippen LogP contribution in [-0.2, 0) is 10.9 Å². The van der Waals surface area contributed by atoms with Gasteiger partial charge in [-0.15, -0.1) is 0 Å². The van der Waals surface area contributed by atoms with Crippen LogP contribution in [0.15, 0.2) is 42.5 Å². The van der Waals surface area contributed by atoms with Gasteiger partial charge in [-0.25, -0.2) is 4.79 Å². The van der Waals surface area contributed by atoms with E-state index < -0.39 is 17.8 Å². The van der Waals surface area contributed by atoms with Gasteiger partial charge in [0.05, 0.1) is 17.9 Å². The minimum Gasteiger partial charge on any atom is -0.449 e. The highest BCUT2D eigenvalue weighted by molar-refractivity contribution is 6.31. The number of hydrogen-bond acceptors (Lipinski definition) is 3. The Morgan fingerprint density at radius 3 is 2.71 bits per heavy atom. The molecule has 0 radical (unpaired) electrons. The SMILES string of the molecule is CN1CCC(COC(=O)Nc2ccccc2-c2cc(Cl)cc(C(F)(F)F)c2)C1. The van der Waals surface area contributed by atoms with Crippen LogP contribution in [0.1, 0.15) is 12.0 Å². The van der Waals surface area contributed by atoms with Crippen LogP contribution in [0.2, 0.25) is 5.02 Å². The summed E-state index contributed by atoms with van der Waals surface area (Å²) in [5, 5.41) is 2.59. The van der Waals surface area contributed by atoms with E-state index in [4.69, 9.17) is 16.3 Å². The summed E-state index contributed by atoms with van der Waals surface area (Å²) in [4.78, 5) is 14.3. The average Bonchev–Trinajstić information content (AvgIpc) is 3.04. The van der Waals surface area contributed by atoms with Gasteiger partial charge in [-0.3, -0.25) is 5.32 Å². The number of anilines is 1. The molecule has 0 aromatic heterocycles. The molecule has 1 aliphatic rings. The number of carbonyl (C=O) groups is 1. The van der Waals surface area contributed by atoms with Crippen molar-refractivity contribution in [2.75, 3.05) is 32.1 Å². The average molecular weight is 413 g/mol. The van der Waals surface area contributed by atoms with Gasteiger partial charge in [0.25, 0.3) is 0 Å². The van der Waals surface area contributed by atoms with Gasteiger partial charge >= 0.3 is 12.3 Å². The molecule has 0 saturated carbocycles. The Morgan fingerprint density at radius 1 is 1.29 bits per heavy atom. The Hall–Kier alpha value is -2.25. The molecule has 0 bridgehead atoms. The van der Waals surface area contributed by atoms with Crippen LogP contribution in [-0.4, -0.2) is 37.7 Å². The first kappa shape index (κ1) is 20.5. The molecule has 0 spiro atoms. The number of amides is 1. The Labute approximate surface area is 166 Å². The Balaban J connectivity index is 1.76. The maximum Gasteiger partial charge on any atom is 0.416 e. The summed E-state index contributed by atoms with van der Waals surface area (Å²) in [5.41, 5.74) is 0.186. The standard InChI is InChI=1S/C20H20ClF3N2O2/c1-26-7-6-13(11-26)12-28-19(27)25-18-5-3-2-4-17(18)14-8-15(20(22,23)24)10-16(21)9-14/h2-5,8-10,13H,6-7,11-12H2,1H3,(H,25,27). The zero-order valence-electron chi connectivity index (χ0n) is 15.2. The molecule has 1 fully saturated rings. The number of rotatable bonds is 4. The first-order chi connectivity index (χ1) is 13.2. The van der Waals surface area contributed by atoms with Crippen molar-refractivity contribution in [1.29, 1.82) is 0 Å². The molecule has 2 aromatic carbocycles. The summed E-state index contributed by atoms with van der Waals surface area (Å²) in [7, 11) is 2.01. The molecule has 28 heavy (non-hydrogen) atoms. The van der Waals surface area contributed by atoms with E-state index >= 15 is 0 Å². The van der Waals surface area contributed by atoms with Crippen molar-refractivity contribution in [3.63, 3.8) is 0 Å². The van der Waals surface area contributed by atoms with E-state index in [-0.39, 0.29) is 16.5 Å². The van der Waals surface area contributed by atoms with Gasteiger partial charge in [0, 0.05) is 23.0 Å². The van der Waals surface area contributed by atoms with Crippen LogP contribution in [0.5, 0.6) is 0 Å². The number of ether oxygens (including phenoxy) is 1. The first-order valence-electron chi connectivity index (χ1n) is 8.82. The van der Waals surface area contributed by atoms with Gasteiger partial charge in [0.2, 0.25) is 0 Å². The fourth-order valence-corrected chi connectivity index (χ4v) is 3.49. The molecular formula is C20H20ClF3N2O2. The van der Waals surface area contributed by atoms with E-state index in [1.165, 1.54) is 6.07 Å². The van der Waals surface area contributed by atoms with Crippen LogP contribution in [0.4, 0.5) is 23.7 Å². The normalized spacial score (nSPS) is 17.5. The van der Waals surface area contributed by atoms with E-state index in [0.29, 0.717) is 17.9 Å². The molecule has 1 heterocycles. The van der Waals surface area contributed by atoms with Crippen molar-refractivity contribution >= 4 is 23.4 Å². The number of hydrogen-bond donors (Lipinski definition) is 1. The number of benzene rings is 2. The summed E-state index contributed by atoms with van der Waals surface area (Å²) in [6, 6.07) is 9.88. The molecule has 1 unspecified atom stereocenters. The highest BCUT2D eigenvalue weighted by Gasteiger charge is 2.31. The number of likely N-dealkylation sites (tertiary alicyclic amines) is 1. The Kier molecular flexibility index (Phi) is 6.15. The maximum absolute atomic E-state index is 13.1. The van der Waals surface area contributed by atoms with Gasteiger partial charge in [-0.05, 0) is 49.8 Å². The summed E-state index contributed by atoms with van der Waals surface area (Å²) in [6.45, 7) is 2.13. The van der Waals surface area contributed by atoms with Crippen molar-refractivity contribution in [2.45, 2.75) is 12.6 Å². The van der Waals surface area contributed by atoms with Gasteiger partial charge in [0.15, 0.2) is 0 Å². The molecule has 1 N–H and O–H groups in total. The monoisotopic (exact) mass is 412 g/mol. The molecule has 2 aromatic rings. The van der Waals surface area contributed by atoms with E-state index in [1.54, 1.807) is 24.3 Å². The van der Waals surface area contributed by atoms with Crippen molar-refractivity contribution in [1.82, 2.24) is 4.90 Å². The van der Waals surface area contributed by atoms with Gasteiger partial charge in [-0.2, -0.15) is 13.2 Å². The molecule has 1 atom stereocenters. The van der Waals surface area contributed by atoms with Crippen molar-refractivity contribution in [2.24, 2.45) is 5.92 Å². The van der Waals surface area contributed by atoms with E-state index in [0.717, 1.165) is 31.6 Å². The lowest BCUT2D eigenvalue weighted by Crippen LogP contribution is -2.21. The number of carbonyl (C=O) groups excluding carboxylic acids is 1. The zero-order valence-corrected chi connectivity index (χ0v) is 16.0. The van der Waals surface area contributed by atoms with Crippen LogP contribution in [0.25, 0.3) is 11.1 Å². The quantitative estimate of drug-likeness (QED) is 0.718. The lowest BCUT2D eigenvalue weighted by atomic mass is 10.0. The van der Waals surface area contributed by atoms with Crippen LogP contribution >= 0.6 is 11.6 Å². The molecule has 1 amide bonds. The van der Waals surface area contributed by atoms with E-state index in [2.05, 4.69) is 10.2 Å². The third kappa shape index (κ3) is 5.17. The summed E-state index contributed by atoms with van der Waals surface area (Å²) in [6.07, 6.45) is -4.20. The molecular weight excluding hydrogens is 393 g/mol. The van der Waals surface area contributed by atoms with Crippen LogP contribution < -0.4 is 5.32 Å². The molecule has 150 valence electrons. The largest absolute Gasteiger partial charge is 0.449 e. The third-order valence-electron chi connectivity index (χ3n) is 4.64. The predicted molar refractivity (Wildman–Crippen MR) is 102 cm³/mol. The first-order valence-corrected chi connectivity index (χ1v) is 9.19. The van der Waals surface area contributed by atoms with Crippen LogP contribution in [0.3, 0.4) is 0 Å². The number of nitrogens with zero attached hydrogens (tertiary/aromatic N) is 1. The second kappa shape index (κ2) is 8.41. The fraction of sp³-hybridized carbons (Fsp3) is 0.350. The van der Waals surface area contributed by atoms with Crippen molar-refractivity contribution < 1.29 is 22.7 Å². The topological polar surface area (TPSA) is 41.6 Å². The summed E-state index contributed by atoms with van der Waals surface area (Å²) >= 11 is 5.88. The second-order valence-electron chi connectivity index (χ2n) is 6.91. The maximum atomic E-state index is 13.1. The highest BCUT2D eigenvalue weighted by Crippen LogP contribution is 2.36. The van der Waals surface area contributed by atoms with Gasteiger partial charge in [0.1, 0.15) is 0 Å². The number of alkyl halides is 3. The third-order valence-corrected chi connectivity index (χ3v) is 4.86. The predicted octanol–water partition coefficient (Wildman–Crippen LogP) is 5.53. The van der Waals surface area contributed by atoms with E-state index in [9.17, 15) is 18.0 Å². The zero-order chi connectivity index (χ0) is 20.3. The molecule has 3 rings (SSSR count). The van der Waals surface area contributed by atoms with Crippen molar-refractivity contribution in [3.05, 3.63) is 53.1 Å². The number of nitrogens with one attached hydrogen (secondary N) is 1. The lowest BCUT2D eigenvalue weighted by Gasteiger charge is -2.15. The lowest BCUT2D eigenvalue weighted by molar-refractivity contribution is -0.137. The van der Waals surface area contributed by atoms with Gasteiger partial charge in [-0.1, -0.05) is 29.8 Å². The smallest absolute Gasteiger partial charge is 0.416 e. The Morgan fingerprint density at radius 2 is 2.04 bits per heavy atom. The molecule has 4 nitrogen and oxygen atoms in total. The van der Waals surface area contributed by atoms with Crippen molar-refractivity contribution in [3.8, 4) is 11.1 Å². The minimum atomic E-state index is -4.52. The highest BCUT2D eigenvalue weighted by atomic mass is 35.5. The summed E-state index contributed by atoms with van der Waals surface area (Å²) < 4.78 is 44.6. The van der Waals surface area contributed by atoms with Gasteiger partial charge < -0.3 is 9.64 Å². The van der Waals surface area contributed by atoms with Crippen LogP contribution in [0, 0.1) is 5.92 Å². The minimum absolute atomic E-state index is 0.0347. The second-order valence-corrected chi connectivity index (χ2v) is 7.35. The molecule has 1 aliphatic heterocycles. The van der Waals surface area contributed by atoms with E-state index in [1.807, 2.05) is 7.05 Å². The Bertz CT molecular complexity index is 858. The summed E-state index contributed by atoms with van der Waals surface area (Å²) in [5.74, 6) is 0.285. The molecule has 1 saturated heterocycles. The number of para-hydroxylation sites is 1. The molecule has 0 aliphatic carbocycles.